The third-order valence-electron chi connectivity index (χ3n) is 5.19. The molecule has 0 bridgehead atoms. The van der Waals surface area contributed by atoms with Gasteiger partial charge in [0.15, 0.2) is 5.96 Å². The number of aliphatic imine (C=N–C) groups is 1. The Kier molecular flexibility index (Phi) is 7.28. The number of piperidine rings is 1. The number of hydrogen-bond donors (Lipinski definition) is 2. The van der Waals surface area contributed by atoms with Gasteiger partial charge in [-0.15, -0.1) is 0 Å². The van der Waals surface area contributed by atoms with Gasteiger partial charge in [-0.2, -0.15) is 0 Å². The standard InChI is InChI=1S/C23H32N4/c1-3-24-23(25-17-21-12-8-7-9-19(21)2)26-22-13-15-27(16-14-22)18-20-10-5-4-6-11-20/h4-12,22H,3,13-18H2,1-2H3,(H2,24,25,26). The van der Waals surface area contributed by atoms with E-state index in [0.717, 1.165) is 51.5 Å². The predicted octanol–water partition coefficient (Wildman–Crippen LogP) is 3.71. The van der Waals surface area contributed by atoms with Gasteiger partial charge in [0.25, 0.3) is 0 Å². The van der Waals surface area contributed by atoms with Crippen molar-refractivity contribution in [2.75, 3.05) is 19.6 Å². The molecule has 2 N–H and O–H groups in total. The first-order valence-electron chi connectivity index (χ1n) is 10.1. The van der Waals surface area contributed by atoms with E-state index in [4.69, 9.17) is 4.99 Å². The zero-order valence-electron chi connectivity index (χ0n) is 16.6. The molecule has 1 aliphatic rings. The molecule has 0 aliphatic carbocycles. The van der Waals surface area contributed by atoms with Gasteiger partial charge in [-0.3, -0.25) is 4.90 Å². The van der Waals surface area contributed by atoms with Crippen LogP contribution in [0.1, 0.15) is 36.5 Å². The number of guanidine groups is 1. The Balaban J connectivity index is 1.50. The molecule has 0 saturated carbocycles. The molecule has 1 fully saturated rings. The van der Waals surface area contributed by atoms with E-state index in [9.17, 15) is 0 Å². The van der Waals surface area contributed by atoms with E-state index in [1.807, 2.05) is 0 Å². The van der Waals surface area contributed by atoms with Crippen LogP contribution >= 0.6 is 0 Å². The molecule has 144 valence electrons. The number of nitrogens with one attached hydrogen (secondary N) is 2. The van der Waals surface area contributed by atoms with Crippen LogP contribution in [0.3, 0.4) is 0 Å². The Morgan fingerprint density at radius 2 is 1.74 bits per heavy atom. The van der Waals surface area contributed by atoms with Gasteiger partial charge in [0.2, 0.25) is 0 Å². The Hall–Kier alpha value is -2.33. The molecule has 1 saturated heterocycles. The van der Waals surface area contributed by atoms with Crippen molar-refractivity contribution in [2.24, 2.45) is 4.99 Å². The largest absolute Gasteiger partial charge is 0.357 e. The molecule has 1 heterocycles. The van der Waals surface area contributed by atoms with Gasteiger partial charge >= 0.3 is 0 Å². The van der Waals surface area contributed by atoms with Gasteiger partial charge in [-0.25, -0.2) is 4.99 Å². The first-order valence-corrected chi connectivity index (χ1v) is 10.1. The molecule has 0 radical (unpaired) electrons. The number of nitrogens with zero attached hydrogens (tertiary/aromatic N) is 2. The maximum atomic E-state index is 4.81. The highest BCUT2D eigenvalue weighted by Gasteiger charge is 2.20. The van der Waals surface area contributed by atoms with Crippen LogP contribution in [-0.2, 0) is 13.1 Å². The molecule has 0 spiro atoms. The van der Waals surface area contributed by atoms with Crippen molar-refractivity contribution in [2.45, 2.75) is 45.8 Å². The molecule has 4 heteroatoms. The highest BCUT2D eigenvalue weighted by atomic mass is 15.2. The second-order valence-electron chi connectivity index (χ2n) is 7.30. The maximum absolute atomic E-state index is 4.81. The number of rotatable bonds is 6. The van der Waals surface area contributed by atoms with Gasteiger partial charge in [0, 0.05) is 32.2 Å². The molecule has 0 amide bonds. The number of hydrogen-bond acceptors (Lipinski definition) is 2. The van der Waals surface area contributed by atoms with Crippen LogP contribution < -0.4 is 10.6 Å². The molecule has 2 aromatic carbocycles. The number of aryl methyl sites for hydroxylation is 1. The third kappa shape index (κ3) is 6.10. The molecule has 4 nitrogen and oxygen atoms in total. The molecule has 0 aromatic heterocycles. The first-order chi connectivity index (χ1) is 13.2. The Bertz CT molecular complexity index is 718. The molecular weight excluding hydrogens is 332 g/mol. The van der Waals surface area contributed by atoms with Crippen molar-refractivity contribution < 1.29 is 0 Å². The van der Waals surface area contributed by atoms with E-state index in [1.54, 1.807) is 0 Å². The summed E-state index contributed by atoms with van der Waals surface area (Å²) in [6.07, 6.45) is 2.31. The Morgan fingerprint density at radius 1 is 1.04 bits per heavy atom. The Morgan fingerprint density at radius 3 is 2.44 bits per heavy atom. The SMILES string of the molecule is CCNC(=NCc1ccccc1C)NC1CCN(Cc2ccccc2)CC1. The second-order valence-corrected chi connectivity index (χ2v) is 7.30. The fraction of sp³-hybridized carbons (Fsp3) is 0.435. The van der Waals surface area contributed by atoms with E-state index in [-0.39, 0.29) is 0 Å². The second kappa shape index (κ2) is 10.1. The lowest BCUT2D eigenvalue weighted by Gasteiger charge is -2.33. The van der Waals surface area contributed by atoms with Crippen LogP contribution in [0, 0.1) is 6.92 Å². The van der Waals surface area contributed by atoms with Crippen LogP contribution in [0.5, 0.6) is 0 Å². The average Bonchev–Trinajstić information content (AvgIpc) is 2.70. The number of benzene rings is 2. The van der Waals surface area contributed by atoms with Crippen molar-refractivity contribution in [1.29, 1.82) is 0 Å². The summed E-state index contributed by atoms with van der Waals surface area (Å²) in [6, 6.07) is 19.7. The number of likely N-dealkylation sites (tertiary alicyclic amines) is 1. The monoisotopic (exact) mass is 364 g/mol. The smallest absolute Gasteiger partial charge is 0.191 e. The summed E-state index contributed by atoms with van der Waals surface area (Å²) >= 11 is 0. The lowest BCUT2D eigenvalue weighted by molar-refractivity contribution is 0.198. The van der Waals surface area contributed by atoms with E-state index < -0.39 is 0 Å². The van der Waals surface area contributed by atoms with Crippen LogP contribution in [0.15, 0.2) is 59.6 Å². The van der Waals surface area contributed by atoms with Crippen LogP contribution in [0.25, 0.3) is 0 Å². The van der Waals surface area contributed by atoms with Crippen molar-refractivity contribution in [3.63, 3.8) is 0 Å². The zero-order valence-corrected chi connectivity index (χ0v) is 16.6. The van der Waals surface area contributed by atoms with Crippen molar-refractivity contribution >= 4 is 5.96 Å². The summed E-state index contributed by atoms with van der Waals surface area (Å²) < 4.78 is 0. The quantitative estimate of drug-likeness (QED) is 0.606. The maximum Gasteiger partial charge on any atom is 0.191 e. The molecule has 0 atom stereocenters. The summed E-state index contributed by atoms with van der Waals surface area (Å²) in [5.74, 6) is 0.933. The summed E-state index contributed by atoms with van der Waals surface area (Å²) in [5, 5.41) is 7.04. The van der Waals surface area contributed by atoms with Crippen molar-refractivity contribution in [3.8, 4) is 0 Å². The fourth-order valence-electron chi connectivity index (χ4n) is 3.54. The fourth-order valence-corrected chi connectivity index (χ4v) is 3.54. The summed E-state index contributed by atoms with van der Waals surface area (Å²) in [5.41, 5.74) is 3.98. The van der Waals surface area contributed by atoms with Gasteiger partial charge in [0.1, 0.15) is 0 Å². The van der Waals surface area contributed by atoms with Crippen molar-refractivity contribution in [1.82, 2.24) is 15.5 Å². The van der Waals surface area contributed by atoms with E-state index in [2.05, 4.69) is 84.0 Å². The van der Waals surface area contributed by atoms with Crippen LogP contribution in [0.2, 0.25) is 0 Å². The molecule has 2 aromatic rings. The van der Waals surface area contributed by atoms with Gasteiger partial charge in [-0.05, 0) is 43.4 Å². The summed E-state index contributed by atoms with van der Waals surface area (Å²) in [4.78, 5) is 7.35. The van der Waals surface area contributed by atoms with E-state index >= 15 is 0 Å². The van der Waals surface area contributed by atoms with Gasteiger partial charge in [0.05, 0.1) is 6.54 Å². The molecule has 3 rings (SSSR count). The lowest BCUT2D eigenvalue weighted by atomic mass is 10.0. The van der Waals surface area contributed by atoms with Crippen LogP contribution in [0.4, 0.5) is 0 Å². The average molecular weight is 365 g/mol. The van der Waals surface area contributed by atoms with Gasteiger partial charge in [-0.1, -0.05) is 54.6 Å². The summed E-state index contributed by atoms with van der Waals surface area (Å²) in [7, 11) is 0. The van der Waals surface area contributed by atoms with Crippen LogP contribution in [-0.4, -0.2) is 36.5 Å². The normalized spacial score (nSPS) is 16.3. The minimum atomic E-state index is 0.492. The van der Waals surface area contributed by atoms with E-state index in [1.165, 1.54) is 16.7 Å². The highest BCUT2D eigenvalue weighted by Crippen LogP contribution is 2.14. The topological polar surface area (TPSA) is 39.7 Å². The molecule has 1 aliphatic heterocycles. The van der Waals surface area contributed by atoms with Gasteiger partial charge < -0.3 is 10.6 Å². The molecular formula is C23H32N4. The van der Waals surface area contributed by atoms with E-state index in [0.29, 0.717) is 6.04 Å². The first kappa shape index (κ1) is 19.4. The predicted molar refractivity (Wildman–Crippen MR) is 114 cm³/mol. The molecule has 0 unspecified atom stereocenters. The summed E-state index contributed by atoms with van der Waals surface area (Å²) in [6.45, 7) is 9.17. The third-order valence-corrected chi connectivity index (χ3v) is 5.19. The van der Waals surface area contributed by atoms with Crippen molar-refractivity contribution in [3.05, 3.63) is 71.3 Å². The minimum Gasteiger partial charge on any atom is -0.357 e. The Labute approximate surface area is 163 Å². The zero-order chi connectivity index (χ0) is 18.9. The minimum absolute atomic E-state index is 0.492. The lowest BCUT2D eigenvalue weighted by Crippen LogP contribution is -2.48. The highest BCUT2D eigenvalue weighted by molar-refractivity contribution is 5.80. The molecule has 27 heavy (non-hydrogen) atoms.